The van der Waals surface area contributed by atoms with E-state index in [4.69, 9.17) is 0 Å². The lowest BCUT2D eigenvalue weighted by molar-refractivity contribution is -0.130. The smallest absolute Gasteiger partial charge is 0.329 e. The predicted octanol–water partition coefficient (Wildman–Crippen LogP) is 0.292. The highest BCUT2D eigenvalue weighted by Crippen LogP contribution is 2.92. The molecule has 8 nitrogen and oxygen atoms in total. The zero-order valence-electron chi connectivity index (χ0n) is 18.5. The highest BCUT2D eigenvalue weighted by Gasteiger charge is 2.89. The number of piperazine rings is 1. The number of rotatable bonds is 4. The van der Waals surface area contributed by atoms with E-state index in [1.807, 2.05) is 13.1 Å². The van der Waals surface area contributed by atoms with Gasteiger partial charge in [0, 0.05) is 45.2 Å². The second kappa shape index (κ2) is 6.24. The van der Waals surface area contributed by atoms with Crippen LogP contribution in [-0.4, -0.2) is 64.0 Å². The number of fused-ring (bicyclic) bond motifs is 2. The minimum atomic E-state index is -0.820. The summed E-state index contributed by atoms with van der Waals surface area (Å²) in [6.07, 6.45) is 2.58. The van der Waals surface area contributed by atoms with Gasteiger partial charge in [-0.25, -0.2) is 4.79 Å². The summed E-state index contributed by atoms with van der Waals surface area (Å²) in [4.78, 5) is 28.6. The van der Waals surface area contributed by atoms with E-state index >= 15 is 0 Å². The first kappa shape index (κ1) is 19.3. The third-order valence-corrected chi connectivity index (χ3v) is 9.48. The summed E-state index contributed by atoms with van der Waals surface area (Å²) < 4.78 is 3.41. The standard InChI is InChI=1S/C24H31N5O3/c1-27-19-14(23-11-15-20(23)24(15,12-23)13-28-9-7-25-8-10-28)3-2-4-16(19)29(22(27)32)17-5-6-18(30)26-21(17)31/h2-4,15,17-18,20,25,30H,5-13H2,1H3,(H,26,31)/t15?,17?,18?,20?,23-,24+/m1/s1. The maximum atomic E-state index is 13.3. The van der Waals surface area contributed by atoms with Gasteiger partial charge in [0.25, 0.3) is 0 Å². The molecule has 3 aliphatic carbocycles. The van der Waals surface area contributed by atoms with Crippen LogP contribution in [0.3, 0.4) is 0 Å². The van der Waals surface area contributed by atoms with E-state index in [0.717, 1.165) is 49.0 Å². The fraction of sp³-hybridized carbons (Fsp3) is 0.667. The Morgan fingerprint density at radius 2 is 2.00 bits per heavy atom. The number of aliphatic hydroxyl groups excluding tert-OH is 1. The minimum Gasteiger partial charge on any atom is -0.374 e. The molecule has 7 rings (SSSR count). The first-order chi connectivity index (χ1) is 15.5. The molecule has 5 aliphatic rings. The number of hydrogen-bond donors (Lipinski definition) is 3. The van der Waals surface area contributed by atoms with Crippen LogP contribution in [0, 0.1) is 17.3 Å². The first-order valence-corrected chi connectivity index (χ1v) is 12.1. The fourth-order valence-electron chi connectivity index (χ4n) is 8.17. The van der Waals surface area contributed by atoms with Crippen molar-refractivity contribution >= 4 is 16.9 Å². The molecule has 1 aromatic carbocycles. The summed E-state index contributed by atoms with van der Waals surface area (Å²) in [6.45, 7) is 5.72. The molecule has 2 saturated heterocycles. The normalized spacial score (nSPS) is 40.4. The molecule has 0 spiro atoms. The maximum absolute atomic E-state index is 13.3. The van der Waals surface area contributed by atoms with Crippen molar-refractivity contribution in [1.82, 2.24) is 24.7 Å². The SMILES string of the molecule is Cn1c(=O)n(C2CCC(O)NC2=O)c2cccc([C@]34CC5C3[C@]5(CN3CCNCC3)C4)c21. The van der Waals surface area contributed by atoms with Gasteiger partial charge in [-0.05, 0) is 54.6 Å². The number of nitrogens with zero attached hydrogens (tertiary/aromatic N) is 3. The van der Waals surface area contributed by atoms with Crippen molar-refractivity contribution in [2.24, 2.45) is 24.3 Å². The van der Waals surface area contributed by atoms with E-state index in [0.29, 0.717) is 18.3 Å². The van der Waals surface area contributed by atoms with Crippen molar-refractivity contribution in [3.05, 3.63) is 34.2 Å². The van der Waals surface area contributed by atoms with E-state index in [1.54, 1.807) is 9.13 Å². The largest absolute Gasteiger partial charge is 0.374 e. The number of imidazole rings is 1. The van der Waals surface area contributed by atoms with Gasteiger partial charge in [-0.1, -0.05) is 12.1 Å². The monoisotopic (exact) mass is 437 g/mol. The molecule has 32 heavy (non-hydrogen) atoms. The van der Waals surface area contributed by atoms with Crippen LogP contribution in [0.1, 0.15) is 37.3 Å². The van der Waals surface area contributed by atoms with Crippen molar-refractivity contribution in [2.45, 2.75) is 43.4 Å². The Bertz CT molecular complexity index is 1200. The molecule has 0 radical (unpaired) electrons. The number of amides is 1. The Balaban J connectivity index is 1.24. The van der Waals surface area contributed by atoms with Gasteiger partial charge in [0.05, 0.1) is 11.0 Å². The number of carbonyl (C=O) groups excluding carboxylic acids is 1. The Hall–Kier alpha value is -2.16. The first-order valence-electron chi connectivity index (χ1n) is 12.1. The lowest BCUT2D eigenvalue weighted by Crippen LogP contribution is -2.51. The zero-order chi connectivity index (χ0) is 21.8. The number of piperidine rings is 1. The van der Waals surface area contributed by atoms with Crippen LogP contribution in [-0.2, 0) is 17.3 Å². The molecule has 4 unspecified atom stereocenters. The fourth-order valence-corrected chi connectivity index (χ4v) is 8.17. The molecule has 1 amide bonds. The molecule has 2 aromatic rings. The Morgan fingerprint density at radius 1 is 1.19 bits per heavy atom. The minimum absolute atomic E-state index is 0.140. The Kier molecular flexibility index (Phi) is 3.77. The number of hydrogen-bond acceptors (Lipinski definition) is 5. The molecule has 3 N–H and O–H groups in total. The molecule has 2 aliphatic heterocycles. The zero-order valence-corrected chi connectivity index (χ0v) is 18.5. The summed E-state index contributed by atoms with van der Waals surface area (Å²) in [7, 11) is 1.84. The second-order valence-electron chi connectivity index (χ2n) is 10.9. The van der Waals surface area contributed by atoms with E-state index in [2.05, 4.69) is 27.7 Å². The van der Waals surface area contributed by atoms with E-state index in [9.17, 15) is 14.7 Å². The van der Waals surface area contributed by atoms with Crippen LogP contribution < -0.4 is 16.3 Å². The number of aliphatic hydroxyl groups is 1. The summed E-state index contributed by atoms with van der Waals surface area (Å²) >= 11 is 0. The molecule has 3 heterocycles. The van der Waals surface area contributed by atoms with Crippen LogP contribution in [0.15, 0.2) is 23.0 Å². The number of aromatic nitrogens is 2. The molecular weight excluding hydrogens is 406 g/mol. The quantitative estimate of drug-likeness (QED) is 0.640. The van der Waals surface area contributed by atoms with E-state index in [1.165, 1.54) is 24.9 Å². The van der Waals surface area contributed by atoms with Gasteiger partial charge in [0.15, 0.2) is 0 Å². The number of carbonyl (C=O) groups is 1. The average Bonchev–Trinajstić information content (AvgIpc) is 3.00. The number of aryl methyl sites for hydroxylation is 1. The van der Waals surface area contributed by atoms with Gasteiger partial charge < -0.3 is 20.6 Å². The third kappa shape index (κ3) is 2.23. The van der Waals surface area contributed by atoms with E-state index in [-0.39, 0.29) is 17.0 Å². The highest BCUT2D eigenvalue weighted by molar-refractivity contribution is 5.87. The predicted molar refractivity (Wildman–Crippen MR) is 119 cm³/mol. The second-order valence-corrected chi connectivity index (χ2v) is 10.9. The molecule has 6 atom stereocenters. The van der Waals surface area contributed by atoms with Crippen molar-refractivity contribution in [2.75, 3.05) is 32.7 Å². The van der Waals surface area contributed by atoms with Crippen molar-refractivity contribution < 1.29 is 9.90 Å². The topological polar surface area (TPSA) is 91.5 Å². The molecule has 8 heteroatoms. The van der Waals surface area contributed by atoms with Crippen molar-refractivity contribution in [3.8, 4) is 0 Å². The van der Waals surface area contributed by atoms with Crippen molar-refractivity contribution in [1.29, 1.82) is 0 Å². The summed E-state index contributed by atoms with van der Waals surface area (Å²) in [5.74, 6) is 1.32. The molecular formula is C24H31N5O3. The van der Waals surface area contributed by atoms with E-state index < -0.39 is 12.3 Å². The highest BCUT2D eigenvalue weighted by atomic mass is 16.3. The maximum Gasteiger partial charge on any atom is 0.329 e. The van der Waals surface area contributed by atoms with Crippen LogP contribution in [0.4, 0.5) is 0 Å². The average molecular weight is 438 g/mol. The van der Waals surface area contributed by atoms with Gasteiger partial charge in [0.1, 0.15) is 12.3 Å². The number of benzene rings is 1. The van der Waals surface area contributed by atoms with Gasteiger partial charge in [-0.2, -0.15) is 0 Å². The summed E-state index contributed by atoms with van der Waals surface area (Å²) in [6, 6.07) is 5.69. The summed E-state index contributed by atoms with van der Waals surface area (Å²) in [5, 5.41) is 15.8. The Morgan fingerprint density at radius 3 is 2.75 bits per heavy atom. The van der Waals surface area contributed by atoms with Gasteiger partial charge in [0.2, 0.25) is 5.91 Å². The van der Waals surface area contributed by atoms with Crippen molar-refractivity contribution in [3.63, 3.8) is 0 Å². The third-order valence-electron chi connectivity index (χ3n) is 9.48. The van der Waals surface area contributed by atoms with Gasteiger partial charge in [-0.3, -0.25) is 13.9 Å². The van der Waals surface area contributed by atoms with Crippen LogP contribution in [0.5, 0.6) is 0 Å². The Labute approximate surface area is 186 Å². The molecule has 170 valence electrons. The number of nitrogens with one attached hydrogen (secondary N) is 2. The lowest BCUT2D eigenvalue weighted by atomic mass is 9.55. The van der Waals surface area contributed by atoms with Gasteiger partial charge in [-0.15, -0.1) is 0 Å². The summed E-state index contributed by atoms with van der Waals surface area (Å²) in [5.41, 5.74) is 3.72. The van der Waals surface area contributed by atoms with Crippen LogP contribution >= 0.6 is 0 Å². The molecule has 3 saturated carbocycles. The van der Waals surface area contributed by atoms with Crippen LogP contribution in [0.2, 0.25) is 0 Å². The van der Waals surface area contributed by atoms with Crippen LogP contribution in [0.25, 0.3) is 11.0 Å². The number of para-hydroxylation sites is 1. The lowest BCUT2D eigenvalue weighted by Gasteiger charge is -2.49. The molecule has 1 aromatic heterocycles. The molecule has 0 bridgehead atoms. The molecule has 5 fully saturated rings. The van der Waals surface area contributed by atoms with Gasteiger partial charge >= 0.3 is 5.69 Å².